The van der Waals surface area contributed by atoms with Crippen LogP contribution in [0.4, 0.5) is 4.39 Å². The molecule has 1 atom stereocenters. The largest absolute Gasteiger partial charge is 0.386 e. The van der Waals surface area contributed by atoms with Crippen molar-refractivity contribution < 1.29 is 14.3 Å². The van der Waals surface area contributed by atoms with Gasteiger partial charge in [0.25, 0.3) is 5.91 Å². The lowest BCUT2D eigenvalue weighted by molar-refractivity contribution is 0.0948. The fraction of sp³-hybridized carbons (Fsp3) is 0.182. The molecule has 0 saturated carbocycles. The summed E-state index contributed by atoms with van der Waals surface area (Å²) in [6.07, 6.45) is 0.225. The molecule has 0 fully saturated rings. The molecule has 1 aromatic carbocycles. The second-order valence-corrected chi connectivity index (χ2v) is 3.84. The minimum Gasteiger partial charge on any atom is -0.386 e. The predicted molar refractivity (Wildman–Crippen MR) is 63.0 cm³/mol. The normalized spacial score (nSPS) is 12.2. The van der Waals surface area contributed by atoms with Crippen LogP contribution in [0.1, 0.15) is 22.2 Å². The maximum absolute atomic E-state index is 13.4. The standard InChI is InChI=1S/C11H12FN5O2/c12-8-4-2-1-3-7(8)10(18)6-17-5-9(15-16-17)11(19)14-13/h1-5,10,18H,6,13H2,(H,14,19)/t10-/m0/s1. The molecule has 7 nitrogen and oxygen atoms in total. The number of hydrogen-bond acceptors (Lipinski definition) is 5. The number of nitrogen functional groups attached to an aromatic ring is 1. The summed E-state index contributed by atoms with van der Waals surface area (Å²) in [5.41, 5.74) is 2.08. The first-order chi connectivity index (χ1) is 9.11. The van der Waals surface area contributed by atoms with E-state index in [1.165, 1.54) is 29.1 Å². The van der Waals surface area contributed by atoms with Gasteiger partial charge in [-0.2, -0.15) is 0 Å². The third-order valence-electron chi connectivity index (χ3n) is 2.53. The van der Waals surface area contributed by atoms with E-state index in [-0.39, 0.29) is 17.8 Å². The molecule has 2 aromatic rings. The summed E-state index contributed by atoms with van der Waals surface area (Å²) in [5, 5.41) is 17.1. The van der Waals surface area contributed by atoms with E-state index in [0.717, 1.165) is 0 Å². The molecule has 1 amide bonds. The van der Waals surface area contributed by atoms with E-state index in [4.69, 9.17) is 5.84 Å². The molecule has 0 aliphatic heterocycles. The zero-order valence-electron chi connectivity index (χ0n) is 9.82. The monoisotopic (exact) mass is 265 g/mol. The summed E-state index contributed by atoms with van der Waals surface area (Å²) in [4.78, 5) is 11.2. The highest BCUT2D eigenvalue weighted by atomic mass is 19.1. The zero-order chi connectivity index (χ0) is 13.8. The summed E-state index contributed by atoms with van der Waals surface area (Å²) in [6.45, 7) is -0.0220. The molecule has 0 radical (unpaired) electrons. The Hall–Kier alpha value is -2.32. The molecule has 1 heterocycles. The smallest absolute Gasteiger partial charge is 0.287 e. The molecule has 0 saturated heterocycles. The van der Waals surface area contributed by atoms with Crippen molar-refractivity contribution in [2.75, 3.05) is 0 Å². The molecule has 0 spiro atoms. The molecule has 100 valence electrons. The van der Waals surface area contributed by atoms with Crippen LogP contribution < -0.4 is 11.3 Å². The molecule has 0 unspecified atom stereocenters. The van der Waals surface area contributed by atoms with Gasteiger partial charge in [0.05, 0.1) is 12.7 Å². The number of nitrogens with one attached hydrogen (secondary N) is 1. The minimum atomic E-state index is -1.09. The average Bonchev–Trinajstić information content (AvgIpc) is 2.86. The van der Waals surface area contributed by atoms with Gasteiger partial charge in [-0.3, -0.25) is 10.2 Å². The lowest BCUT2D eigenvalue weighted by Crippen LogP contribution is -2.30. The van der Waals surface area contributed by atoms with Crippen molar-refractivity contribution in [1.82, 2.24) is 20.4 Å². The van der Waals surface area contributed by atoms with Crippen LogP contribution in [0, 0.1) is 5.82 Å². The Morgan fingerprint density at radius 2 is 2.26 bits per heavy atom. The quantitative estimate of drug-likeness (QED) is 0.401. The number of carbonyl (C=O) groups excluding carboxylic acids is 1. The Morgan fingerprint density at radius 3 is 2.95 bits per heavy atom. The fourth-order valence-corrected chi connectivity index (χ4v) is 1.59. The maximum atomic E-state index is 13.4. The van der Waals surface area contributed by atoms with Crippen molar-refractivity contribution in [1.29, 1.82) is 0 Å². The number of nitrogens with two attached hydrogens (primary N) is 1. The van der Waals surface area contributed by atoms with Crippen LogP contribution in [0.2, 0.25) is 0 Å². The van der Waals surface area contributed by atoms with Crippen molar-refractivity contribution in [3.63, 3.8) is 0 Å². The summed E-state index contributed by atoms with van der Waals surface area (Å²) in [6, 6.07) is 5.89. The number of amides is 1. The summed E-state index contributed by atoms with van der Waals surface area (Å²) in [5.74, 6) is 3.85. The van der Waals surface area contributed by atoms with E-state index in [9.17, 15) is 14.3 Å². The number of benzene rings is 1. The van der Waals surface area contributed by atoms with E-state index in [1.54, 1.807) is 6.07 Å². The first-order valence-electron chi connectivity index (χ1n) is 5.45. The Bertz CT molecular complexity index is 586. The molecule has 4 N–H and O–H groups in total. The highest BCUT2D eigenvalue weighted by Gasteiger charge is 2.15. The fourth-order valence-electron chi connectivity index (χ4n) is 1.59. The number of carbonyl (C=O) groups is 1. The average molecular weight is 265 g/mol. The number of hydrazine groups is 1. The number of aromatic nitrogens is 3. The van der Waals surface area contributed by atoms with E-state index >= 15 is 0 Å². The lowest BCUT2D eigenvalue weighted by Gasteiger charge is -2.11. The predicted octanol–water partition coefficient (Wildman–Crippen LogP) is -0.246. The van der Waals surface area contributed by atoms with E-state index in [2.05, 4.69) is 10.3 Å². The van der Waals surface area contributed by atoms with E-state index in [1.807, 2.05) is 5.43 Å². The zero-order valence-corrected chi connectivity index (χ0v) is 9.82. The van der Waals surface area contributed by atoms with Crippen molar-refractivity contribution >= 4 is 5.91 Å². The molecule has 1 aromatic heterocycles. The third kappa shape index (κ3) is 2.92. The van der Waals surface area contributed by atoms with Gasteiger partial charge in [0.1, 0.15) is 11.9 Å². The molecule has 0 bridgehead atoms. The van der Waals surface area contributed by atoms with Gasteiger partial charge in [-0.1, -0.05) is 23.4 Å². The number of nitrogens with zero attached hydrogens (tertiary/aromatic N) is 3. The van der Waals surface area contributed by atoms with Crippen LogP contribution in [-0.2, 0) is 6.54 Å². The summed E-state index contributed by atoms with van der Waals surface area (Å²) >= 11 is 0. The first-order valence-corrected chi connectivity index (χ1v) is 5.45. The number of hydrogen-bond donors (Lipinski definition) is 3. The Balaban J connectivity index is 2.11. The second kappa shape index (κ2) is 5.55. The number of aliphatic hydroxyl groups excluding tert-OH is 1. The van der Waals surface area contributed by atoms with Crippen molar-refractivity contribution in [3.05, 3.63) is 47.5 Å². The number of aliphatic hydroxyl groups is 1. The van der Waals surface area contributed by atoms with Crippen LogP contribution in [0.3, 0.4) is 0 Å². The first kappa shape index (κ1) is 13.1. The highest BCUT2D eigenvalue weighted by Crippen LogP contribution is 2.17. The van der Waals surface area contributed by atoms with Gasteiger partial charge in [-0.15, -0.1) is 5.10 Å². The van der Waals surface area contributed by atoms with E-state index < -0.39 is 17.8 Å². The molecule has 8 heteroatoms. The van der Waals surface area contributed by atoms with Crippen LogP contribution in [0.25, 0.3) is 0 Å². The van der Waals surface area contributed by atoms with Gasteiger partial charge in [0, 0.05) is 5.56 Å². The van der Waals surface area contributed by atoms with E-state index in [0.29, 0.717) is 0 Å². The van der Waals surface area contributed by atoms with Gasteiger partial charge in [-0.25, -0.2) is 14.9 Å². The van der Waals surface area contributed by atoms with Crippen molar-refractivity contribution in [2.24, 2.45) is 5.84 Å². The second-order valence-electron chi connectivity index (χ2n) is 3.84. The SMILES string of the molecule is NNC(=O)c1cn(C[C@H](O)c2ccccc2F)nn1. The summed E-state index contributed by atoms with van der Waals surface area (Å²) in [7, 11) is 0. The minimum absolute atomic E-state index is 0.0169. The van der Waals surface area contributed by atoms with Crippen LogP contribution >= 0.6 is 0 Å². The van der Waals surface area contributed by atoms with Gasteiger partial charge < -0.3 is 5.11 Å². The van der Waals surface area contributed by atoms with Crippen molar-refractivity contribution in [3.8, 4) is 0 Å². The molecule has 0 aliphatic rings. The van der Waals surface area contributed by atoms with Crippen LogP contribution in [0.15, 0.2) is 30.5 Å². The van der Waals surface area contributed by atoms with Crippen LogP contribution in [0.5, 0.6) is 0 Å². The Kier molecular flexibility index (Phi) is 3.83. The molecular formula is C11H12FN5O2. The molecule has 0 aliphatic carbocycles. The highest BCUT2D eigenvalue weighted by molar-refractivity contribution is 5.91. The summed E-state index contributed by atoms with van der Waals surface area (Å²) < 4.78 is 14.7. The lowest BCUT2D eigenvalue weighted by atomic mass is 10.1. The molecular weight excluding hydrogens is 253 g/mol. The third-order valence-corrected chi connectivity index (χ3v) is 2.53. The molecule has 19 heavy (non-hydrogen) atoms. The van der Waals surface area contributed by atoms with Gasteiger partial charge >= 0.3 is 0 Å². The van der Waals surface area contributed by atoms with Gasteiger partial charge in [0.2, 0.25) is 0 Å². The number of halogens is 1. The van der Waals surface area contributed by atoms with Gasteiger partial charge in [-0.05, 0) is 6.07 Å². The van der Waals surface area contributed by atoms with Crippen molar-refractivity contribution in [2.45, 2.75) is 12.6 Å². The topological polar surface area (TPSA) is 106 Å². The van der Waals surface area contributed by atoms with Gasteiger partial charge in [0.15, 0.2) is 5.69 Å². The van der Waals surface area contributed by atoms with Crippen LogP contribution in [-0.4, -0.2) is 26.0 Å². The molecule has 2 rings (SSSR count). The Morgan fingerprint density at radius 1 is 1.53 bits per heavy atom. The number of rotatable bonds is 4. The Labute approximate surface area is 107 Å². The maximum Gasteiger partial charge on any atom is 0.287 e.